The van der Waals surface area contributed by atoms with Gasteiger partial charge in [-0.3, -0.25) is 14.3 Å². The fraction of sp³-hybridized carbons (Fsp3) is 0.471. The van der Waals surface area contributed by atoms with Crippen molar-refractivity contribution in [2.45, 2.75) is 19.4 Å². The minimum absolute atomic E-state index is 0.0364. The lowest BCUT2D eigenvalue weighted by Gasteiger charge is -2.34. The maximum absolute atomic E-state index is 12.5. The van der Waals surface area contributed by atoms with E-state index in [0.717, 1.165) is 23.7 Å². The van der Waals surface area contributed by atoms with Gasteiger partial charge in [0.05, 0.1) is 5.52 Å². The van der Waals surface area contributed by atoms with Crippen LogP contribution in [0.3, 0.4) is 0 Å². The number of hydrogen-bond donors (Lipinski definition) is 1. The quantitative estimate of drug-likeness (QED) is 0.841. The van der Waals surface area contributed by atoms with Crippen molar-refractivity contribution >= 4 is 28.4 Å². The molecule has 7 nitrogen and oxygen atoms in total. The summed E-state index contributed by atoms with van der Waals surface area (Å²) in [6, 6.07) is 5.51. The highest BCUT2D eigenvalue weighted by Gasteiger charge is 2.35. The molecule has 2 aliphatic rings. The highest BCUT2D eigenvalue weighted by atomic mass is 16.2. The van der Waals surface area contributed by atoms with Crippen molar-refractivity contribution in [3.8, 4) is 0 Å². The molecule has 1 aliphatic carbocycles. The Morgan fingerprint density at radius 3 is 2.54 bits per heavy atom. The number of nitrogen functional groups attached to an aromatic ring is 1. The first-order valence-electron chi connectivity index (χ1n) is 8.39. The lowest BCUT2D eigenvalue weighted by Crippen LogP contribution is -2.51. The SMILES string of the molecule is Nc1ccc2nn(CC(=O)N3CCN(C(=O)C4CC4)CC3)cc2c1. The number of fused-ring (bicyclic) bond motifs is 1. The predicted molar refractivity (Wildman–Crippen MR) is 90.0 cm³/mol. The van der Waals surface area contributed by atoms with Crippen LogP contribution < -0.4 is 5.73 Å². The summed E-state index contributed by atoms with van der Waals surface area (Å²) in [7, 11) is 0. The van der Waals surface area contributed by atoms with Gasteiger partial charge in [-0.2, -0.15) is 5.10 Å². The Bertz CT molecular complexity index is 787. The third-order valence-electron chi connectivity index (χ3n) is 4.74. The van der Waals surface area contributed by atoms with Crippen LogP contribution >= 0.6 is 0 Å². The fourth-order valence-electron chi connectivity index (χ4n) is 3.18. The number of nitrogens with zero attached hydrogens (tertiary/aromatic N) is 4. The number of carbonyl (C=O) groups is 2. The minimum atomic E-state index is 0.0364. The molecule has 2 amide bonds. The number of aromatic nitrogens is 2. The summed E-state index contributed by atoms with van der Waals surface area (Å²) >= 11 is 0. The summed E-state index contributed by atoms with van der Waals surface area (Å²) in [5.41, 5.74) is 7.29. The van der Waals surface area contributed by atoms with Gasteiger partial charge < -0.3 is 15.5 Å². The van der Waals surface area contributed by atoms with E-state index in [1.807, 2.05) is 28.1 Å². The van der Waals surface area contributed by atoms with Crippen LogP contribution in [0.1, 0.15) is 12.8 Å². The Labute approximate surface area is 140 Å². The third kappa shape index (κ3) is 2.93. The van der Waals surface area contributed by atoms with Gasteiger partial charge in [-0.05, 0) is 31.0 Å². The maximum Gasteiger partial charge on any atom is 0.244 e. The van der Waals surface area contributed by atoms with E-state index < -0.39 is 0 Å². The molecule has 0 radical (unpaired) electrons. The first-order valence-corrected chi connectivity index (χ1v) is 8.39. The van der Waals surface area contributed by atoms with Gasteiger partial charge in [0.2, 0.25) is 11.8 Å². The van der Waals surface area contributed by atoms with Crippen LogP contribution in [0.2, 0.25) is 0 Å². The van der Waals surface area contributed by atoms with Crippen molar-refractivity contribution in [1.82, 2.24) is 19.6 Å². The van der Waals surface area contributed by atoms with Crippen LogP contribution in [0.25, 0.3) is 10.9 Å². The van der Waals surface area contributed by atoms with Gasteiger partial charge in [0.15, 0.2) is 0 Å². The Morgan fingerprint density at radius 1 is 1.12 bits per heavy atom. The largest absolute Gasteiger partial charge is 0.399 e. The zero-order valence-electron chi connectivity index (χ0n) is 13.5. The standard InChI is InChI=1S/C17H21N5O2/c18-14-3-4-15-13(9-14)10-22(19-15)11-16(23)20-5-7-21(8-6-20)17(24)12-1-2-12/h3-4,9-10,12H,1-2,5-8,11,18H2. The van der Waals surface area contributed by atoms with E-state index in [9.17, 15) is 9.59 Å². The van der Waals surface area contributed by atoms with E-state index in [1.54, 1.807) is 10.7 Å². The highest BCUT2D eigenvalue weighted by Crippen LogP contribution is 2.31. The number of nitrogens with two attached hydrogens (primary N) is 1. The Kier molecular flexibility index (Phi) is 3.63. The summed E-state index contributed by atoms with van der Waals surface area (Å²) in [6.45, 7) is 2.69. The molecule has 2 aromatic rings. The summed E-state index contributed by atoms with van der Waals surface area (Å²) in [5, 5.41) is 5.35. The fourth-order valence-corrected chi connectivity index (χ4v) is 3.18. The second kappa shape index (κ2) is 5.81. The zero-order chi connectivity index (χ0) is 16.7. The van der Waals surface area contributed by atoms with Gasteiger partial charge in [-0.25, -0.2) is 0 Å². The second-order valence-corrected chi connectivity index (χ2v) is 6.63. The van der Waals surface area contributed by atoms with Crippen molar-refractivity contribution in [3.05, 3.63) is 24.4 Å². The minimum Gasteiger partial charge on any atom is -0.399 e. The Morgan fingerprint density at radius 2 is 1.83 bits per heavy atom. The summed E-state index contributed by atoms with van der Waals surface area (Å²) < 4.78 is 1.66. The molecule has 0 unspecified atom stereocenters. The lowest BCUT2D eigenvalue weighted by atomic mass is 10.2. The molecular weight excluding hydrogens is 306 g/mol. The monoisotopic (exact) mass is 327 g/mol. The van der Waals surface area contributed by atoms with Crippen LogP contribution in [-0.2, 0) is 16.1 Å². The van der Waals surface area contributed by atoms with Crippen molar-refractivity contribution < 1.29 is 9.59 Å². The topological polar surface area (TPSA) is 84.5 Å². The third-order valence-corrected chi connectivity index (χ3v) is 4.74. The summed E-state index contributed by atoms with van der Waals surface area (Å²) in [6.07, 6.45) is 3.89. The van der Waals surface area contributed by atoms with Gasteiger partial charge in [0.1, 0.15) is 6.54 Å². The molecule has 1 aliphatic heterocycles. The van der Waals surface area contributed by atoms with Gasteiger partial charge in [0.25, 0.3) is 0 Å². The second-order valence-electron chi connectivity index (χ2n) is 6.63. The molecule has 0 spiro atoms. The molecule has 24 heavy (non-hydrogen) atoms. The lowest BCUT2D eigenvalue weighted by molar-refractivity contribution is -0.140. The molecule has 2 fully saturated rings. The average Bonchev–Trinajstić information content (AvgIpc) is 3.35. The molecule has 1 saturated carbocycles. The molecule has 1 aromatic heterocycles. The van der Waals surface area contributed by atoms with Gasteiger partial charge in [-0.1, -0.05) is 0 Å². The summed E-state index contributed by atoms with van der Waals surface area (Å²) in [4.78, 5) is 28.2. The van der Waals surface area contributed by atoms with Crippen LogP contribution in [-0.4, -0.2) is 57.6 Å². The zero-order valence-corrected chi connectivity index (χ0v) is 13.5. The molecule has 7 heteroatoms. The number of benzene rings is 1. The van der Waals surface area contributed by atoms with Crippen LogP contribution in [0.5, 0.6) is 0 Å². The molecule has 0 atom stereocenters. The molecule has 2 N–H and O–H groups in total. The number of piperazine rings is 1. The van der Waals surface area contributed by atoms with E-state index in [2.05, 4.69) is 5.10 Å². The van der Waals surface area contributed by atoms with Crippen LogP contribution in [0.4, 0.5) is 5.69 Å². The van der Waals surface area contributed by atoms with Crippen molar-refractivity contribution in [2.24, 2.45) is 5.92 Å². The maximum atomic E-state index is 12.5. The van der Waals surface area contributed by atoms with Crippen LogP contribution in [0, 0.1) is 5.92 Å². The number of carbonyl (C=O) groups excluding carboxylic acids is 2. The number of rotatable bonds is 3. The number of anilines is 1. The van der Waals surface area contributed by atoms with E-state index in [1.165, 1.54) is 0 Å². The van der Waals surface area contributed by atoms with E-state index >= 15 is 0 Å². The Hall–Kier alpha value is -2.57. The number of hydrogen-bond acceptors (Lipinski definition) is 4. The van der Waals surface area contributed by atoms with E-state index in [4.69, 9.17) is 5.73 Å². The average molecular weight is 327 g/mol. The smallest absolute Gasteiger partial charge is 0.244 e. The van der Waals surface area contributed by atoms with Gasteiger partial charge >= 0.3 is 0 Å². The highest BCUT2D eigenvalue weighted by molar-refractivity contribution is 5.83. The van der Waals surface area contributed by atoms with Crippen molar-refractivity contribution in [3.63, 3.8) is 0 Å². The summed E-state index contributed by atoms with van der Waals surface area (Å²) in [5.74, 6) is 0.545. The van der Waals surface area contributed by atoms with Crippen molar-refractivity contribution in [1.29, 1.82) is 0 Å². The molecule has 4 rings (SSSR count). The first-order chi connectivity index (χ1) is 11.6. The molecule has 0 bridgehead atoms. The van der Waals surface area contributed by atoms with Gasteiger partial charge in [-0.15, -0.1) is 0 Å². The molecule has 126 valence electrons. The molecule has 1 aromatic carbocycles. The Balaban J connectivity index is 1.36. The van der Waals surface area contributed by atoms with Crippen molar-refractivity contribution in [2.75, 3.05) is 31.9 Å². The normalized spacial score (nSPS) is 18.2. The number of amides is 2. The molecule has 1 saturated heterocycles. The molecule has 2 heterocycles. The van der Waals surface area contributed by atoms with Crippen LogP contribution in [0.15, 0.2) is 24.4 Å². The van der Waals surface area contributed by atoms with E-state index in [-0.39, 0.29) is 24.3 Å². The predicted octanol–water partition coefficient (Wildman–Crippen LogP) is 0.699. The van der Waals surface area contributed by atoms with E-state index in [0.29, 0.717) is 31.9 Å². The molecular formula is C17H21N5O2. The first kappa shape index (κ1) is 15.0. The van der Waals surface area contributed by atoms with Gasteiger partial charge in [0, 0.05) is 49.4 Å².